The van der Waals surface area contributed by atoms with Crippen molar-refractivity contribution < 1.29 is 24.2 Å². The predicted octanol–water partition coefficient (Wildman–Crippen LogP) is 5.76. The third kappa shape index (κ3) is 5.17. The molecule has 1 aliphatic heterocycles. The van der Waals surface area contributed by atoms with Crippen molar-refractivity contribution in [2.24, 2.45) is 0 Å². The molecular weight excluding hydrogens is 466 g/mol. The highest BCUT2D eigenvalue weighted by Gasteiger charge is 2.46. The Morgan fingerprint density at radius 2 is 1.54 bits per heavy atom. The number of aliphatic hydroxyl groups excluding tert-OH is 1. The van der Waals surface area contributed by atoms with Gasteiger partial charge in [0.2, 0.25) is 0 Å². The Balaban J connectivity index is 1.77. The van der Waals surface area contributed by atoms with Gasteiger partial charge in [0, 0.05) is 17.1 Å². The summed E-state index contributed by atoms with van der Waals surface area (Å²) in [5.74, 6) is -0.321. The van der Waals surface area contributed by atoms with E-state index in [4.69, 9.17) is 21.1 Å². The standard InChI is InChI=1S/C28H26ClNO5/c1-17(2)35-23-14-8-20(9-15-23)26(31)24-25(19-6-10-21(29)11-7-19)30(28(33)27(24)32)16-18-4-12-22(34-3)13-5-18/h4-15,17,25,31H,16H2,1-3H3/b26-24-. The number of ketones is 1. The molecule has 1 aliphatic rings. The lowest BCUT2D eigenvalue weighted by atomic mass is 9.95. The molecule has 180 valence electrons. The SMILES string of the molecule is COc1ccc(CN2C(=O)C(=O)/C(=C(\O)c3ccc(OC(C)C)cc3)C2c2ccc(Cl)cc2)cc1. The van der Waals surface area contributed by atoms with Crippen LogP contribution in [0.5, 0.6) is 11.5 Å². The summed E-state index contributed by atoms with van der Waals surface area (Å²) in [6, 6.07) is 20.2. The summed E-state index contributed by atoms with van der Waals surface area (Å²) >= 11 is 6.08. The van der Waals surface area contributed by atoms with Gasteiger partial charge in [-0.1, -0.05) is 35.9 Å². The zero-order valence-electron chi connectivity index (χ0n) is 19.7. The number of carbonyl (C=O) groups excluding carboxylic acids is 2. The topological polar surface area (TPSA) is 76.1 Å². The van der Waals surface area contributed by atoms with Crippen LogP contribution in [0.3, 0.4) is 0 Å². The quantitative estimate of drug-likeness (QED) is 0.258. The number of ether oxygens (including phenoxy) is 2. The fourth-order valence-corrected chi connectivity index (χ4v) is 4.21. The van der Waals surface area contributed by atoms with Gasteiger partial charge in [-0.25, -0.2) is 0 Å². The van der Waals surface area contributed by atoms with Gasteiger partial charge in [-0.05, 0) is 73.5 Å². The van der Waals surface area contributed by atoms with E-state index in [0.717, 1.165) is 5.56 Å². The van der Waals surface area contributed by atoms with Gasteiger partial charge in [0.05, 0.1) is 24.8 Å². The molecule has 0 aliphatic carbocycles. The molecule has 3 aromatic rings. The Kier molecular flexibility index (Phi) is 7.12. The maximum atomic E-state index is 13.2. The zero-order chi connectivity index (χ0) is 25.1. The number of methoxy groups -OCH3 is 1. The Hall–Kier alpha value is -3.77. The van der Waals surface area contributed by atoms with Crippen molar-refractivity contribution in [2.45, 2.75) is 32.5 Å². The molecule has 4 rings (SSSR count). The number of rotatable bonds is 7. The molecule has 35 heavy (non-hydrogen) atoms. The van der Waals surface area contributed by atoms with E-state index in [9.17, 15) is 14.7 Å². The minimum atomic E-state index is -0.777. The highest BCUT2D eigenvalue weighted by atomic mass is 35.5. The van der Waals surface area contributed by atoms with Crippen molar-refractivity contribution in [1.82, 2.24) is 4.90 Å². The maximum Gasteiger partial charge on any atom is 0.295 e. The maximum absolute atomic E-state index is 13.2. The van der Waals surface area contributed by atoms with E-state index < -0.39 is 17.7 Å². The molecule has 0 saturated carbocycles. The zero-order valence-corrected chi connectivity index (χ0v) is 20.5. The molecule has 3 aromatic carbocycles. The fraction of sp³-hybridized carbons (Fsp3) is 0.214. The minimum absolute atomic E-state index is 0.00244. The summed E-state index contributed by atoms with van der Waals surface area (Å²) in [5.41, 5.74) is 1.94. The van der Waals surface area contributed by atoms with Crippen LogP contribution in [0, 0.1) is 0 Å². The van der Waals surface area contributed by atoms with Crippen LogP contribution in [0.2, 0.25) is 5.02 Å². The van der Waals surface area contributed by atoms with E-state index in [1.54, 1.807) is 67.8 Å². The van der Waals surface area contributed by atoms with Crippen LogP contribution in [-0.4, -0.2) is 34.9 Å². The molecule has 1 atom stereocenters. The van der Waals surface area contributed by atoms with Crippen molar-refractivity contribution in [3.63, 3.8) is 0 Å². The molecular formula is C28H26ClNO5. The first-order valence-corrected chi connectivity index (χ1v) is 11.6. The number of hydrogen-bond donors (Lipinski definition) is 1. The second-order valence-electron chi connectivity index (χ2n) is 8.52. The van der Waals surface area contributed by atoms with E-state index in [2.05, 4.69) is 0 Å². The second-order valence-corrected chi connectivity index (χ2v) is 8.95. The van der Waals surface area contributed by atoms with Gasteiger partial charge in [0.15, 0.2) is 0 Å². The molecule has 1 amide bonds. The number of carbonyl (C=O) groups is 2. The number of Topliss-reactive ketones (excluding diaryl/α,β-unsaturated/α-hetero) is 1. The molecule has 7 heteroatoms. The average molecular weight is 492 g/mol. The van der Waals surface area contributed by atoms with E-state index in [0.29, 0.717) is 27.6 Å². The molecule has 1 saturated heterocycles. The van der Waals surface area contributed by atoms with Crippen LogP contribution >= 0.6 is 11.6 Å². The van der Waals surface area contributed by atoms with E-state index in [1.807, 2.05) is 26.0 Å². The number of benzene rings is 3. The number of halogens is 1. The summed E-state index contributed by atoms with van der Waals surface area (Å²) in [4.78, 5) is 27.8. The molecule has 1 unspecified atom stereocenters. The summed E-state index contributed by atoms with van der Waals surface area (Å²) in [5, 5.41) is 11.7. The van der Waals surface area contributed by atoms with Gasteiger partial charge in [-0.2, -0.15) is 0 Å². The molecule has 0 bridgehead atoms. The van der Waals surface area contributed by atoms with Crippen molar-refractivity contribution in [3.8, 4) is 11.5 Å². The van der Waals surface area contributed by atoms with E-state index >= 15 is 0 Å². The van der Waals surface area contributed by atoms with Crippen LogP contribution in [-0.2, 0) is 16.1 Å². The third-order valence-electron chi connectivity index (χ3n) is 5.74. The number of nitrogens with zero attached hydrogens (tertiary/aromatic N) is 1. The van der Waals surface area contributed by atoms with Crippen LogP contribution in [0.25, 0.3) is 5.76 Å². The Morgan fingerprint density at radius 3 is 2.11 bits per heavy atom. The van der Waals surface area contributed by atoms with Gasteiger partial charge in [-0.15, -0.1) is 0 Å². The van der Waals surface area contributed by atoms with Gasteiger partial charge in [-0.3, -0.25) is 9.59 Å². The molecule has 1 heterocycles. The van der Waals surface area contributed by atoms with Gasteiger partial charge < -0.3 is 19.5 Å². The van der Waals surface area contributed by atoms with Crippen LogP contribution in [0.1, 0.15) is 36.6 Å². The summed E-state index contributed by atoms with van der Waals surface area (Å²) in [7, 11) is 1.58. The predicted molar refractivity (Wildman–Crippen MR) is 134 cm³/mol. The molecule has 0 spiro atoms. The lowest BCUT2D eigenvalue weighted by molar-refractivity contribution is -0.140. The van der Waals surface area contributed by atoms with Gasteiger partial charge >= 0.3 is 0 Å². The smallest absolute Gasteiger partial charge is 0.295 e. The highest BCUT2D eigenvalue weighted by Crippen LogP contribution is 2.40. The van der Waals surface area contributed by atoms with E-state index in [-0.39, 0.29) is 24.0 Å². The monoisotopic (exact) mass is 491 g/mol. The summed E-state index contributed by atoms with van der Waals surface area (Å²) < 4.78 is 10.9. The fourth-order valence-electron chi connectivity index (χ4n) is 4.08. The average Bonchev–Trinajstić information content (AvgIpc) is 3.09. The van der Waals surface area contributed by atoms with Crippen molar-refractivity contribution in [2.75, 3.05) is 7.11 Å². The number of amides is 1. The Labute approximate surface area is 209 Å². The first-order chi connectivity index (χ1) is 16.8. The number of hydrogen-bond acceptors (Lipinski definition) is 5. The first kappa shape index (κ1) is 24.4. The Morgan fingerprint density at radius 1 is 0.943 bits per heavy atom. The molecule has 0 aromatic heterocycles. The van der Waals surface area contributed by atoms with E-state index in [1.165, 1.54) is 4.90 Å². The van der Waals surface area contributed by atoms with Crippen LogP contribution in [0.4, 0.5) is 0 Å². The van der Waals surface area contributed by atoms with Crippen LogP contribution in [0.15, 0.2) is 78.4 Å². The number of likely N-dealkylation sites (tertiary alicyclic amines) is 1. The lowest BCUT2D eigenvalue weighted by Gasteiger charge is -2.25. The second kappa shape index (κ2) is 10.2. The van der Waals surface area contributed by atoms with Crippen molar-refractivity contribution in [3.05, 3.63) is 100 Å². The van der Waals surface area contributed by atoms with Crippen molar-refractivity contribution in [1.29, 1.82) is 0 Å². The number of aliphatic hydroxyl groups is 1. The van der Waals surface area contributed by atoms with Gasteiger partial charge in [0.25, 0.3) is 11.7 Å². The summed E-state index contributed by atoms with van der Waals surface area (Å²) in [6.07, 6.45) is 0.00244. The first-order valence-electron chi connectivity index (χ1n) is 11.2. The third-order valence-corrected chi connectivity index (χ3v) is 5.99. The van der Waals surface area contributed by atoms with Crippen LogP contribution < -0.4 is 9.47 Å². The molecule has 1 fully saturated rings. The van der Waals surface area contributed by atoms with Gasteiger partial charge in [0.1, 0.15) is 17.3 Å². The Bertz CT molecular complexity index is 1250. The van der Waals surface area contributed by atoms with Crippen molar-refractivity contribution >= 4 is 29.1 Å². The largest absolute Gasteiger partial charge is 0.507 e. The molecule has 6 nitrogen and oxygen atoms in total. The normalized spacial score (nSPS) is 17.2. The molecule has 1 N–H and O–H groups in total. The molecule has 0 radical (unpaired) electrons. The lowest BCUT2D eigenvalue weighted by Crippen LogP contribution is -2.29. The summed E-state index contributed by atoms with van der Waals surface area (Å²) in [6.45, 7) is 4.02. The minimum Gasteiger partial charge on any atom is -0.507 e. The highest BCUT2D eigenvalue weighted by molar-refractivity contribution is 6.46.